The highest BCUT2D eigenvalue weighted by Crippen LogP contribution is 2.36. The standard InChI is InChI=1S/C27H31F3N2O2S/c1-25(2,3)17-26(4,5)19-9-11-21(12-10-19)34-16-23(33)32-24-31-15-22(35-24)14-18-7-6-8-20(13-18)27(28,29)30/h6-13,15H,14,16-17H2,1-5H3,(H,31,32,33). The van der Waals surface area contributed by atoms with E-state index in [9.17, 15) is 18.0 Å². The number of thiazole rings is 1. The molecule has 0 saturated carbocycles. The van der Waals surface area contributed by atoms with Crippen LogP contribution in [0.3, 0.4) is 0 Å². The molecule has 35 heavy (non-hydrogen) atoms. The van der Waals surface area contributed by atoms with Crippen molar-refractivity contribution in [2.24, 2.45) is 5.41 Å². The van der Waals surface area contributed by atoms with Gasteiger partial charge in [-0.2, -0.15) is 13.2 Å². The smallest absolute Gasteiger partial charge is 0.416 e. The average molecular weight is 505 g/mol. The summed E-state index contributed by atoms with van der Waals surface area (Å²) < 4.78 is 44.3. The molecule has 188 valence electrons. The van der Waals surface area contributed by atoms with Crippen LogP contribution < -0.4 is 10.1 Å². The first-order chi connectivity index (χ1) is 16.2. The molecule has 0 aliphatic carbocycles. The van der Waals surface area contributed by atoms with Crippen LogP contribution in [0.5, 0.6) is 5.75 Å². The Morgan fingerprint density at radius 2 is 1.69 bits per heavy atom. The Morgan fingerprint density at radius 3 is 2.31 bits per heavy atom. The van der Waals surface area contributed by atoms with Gasteiger partial charge in [-0.3, -0.25) is 10.1 Å². The van der Waals surface area contributed by atoms with Crippen molar-refractivity contribution in [2.45, 2.75) is 59.1 Å². The highest BCUT2D eigenvalue weighted by Gasteiger charge is 2.30. The number of carbonyl (C=O) groups is 1. The highest BCUT2D eigenvalue weighted by molar-refractivity contribution is 7.15. The van der Waals surface area contributed by atoms with Gasteiger partial charge in [0.25, 0.3) is 5.91 Å². The minimum absolute atomic E-state index is 0.0186. The fourth-order valence-electron chi connectivity index (χ4n) is 4.24. The summed E-state index contributed by atoms with van der Waals surface area (Å²) >= 11 is 1.22. The number of amides is 1. The summed E-state index contributed by atoms with van der Waals surface area (Å²) in [6.07, 6.45) is -1.50. The molecule has 1 heterocycles. The molecule has 2 aromatic carbocycles. The van der Waals surface area contributed by atoms with Crippen molar-refractivity contribution >= 4 is 22.4 Å². The van der Waals surface area contributed by atoms with E-state index >= 15 is 0 Å². The normalized spacial score (nSPS) is 12.5. The van der Waals surface area contributed by atoms with Gasteiger partial charge in [0.05, 0.1) is 5.56 Å². The third-order valence-electron chi connectivity index (χ3n) is 5.41. The lowest BCUT2D eigenvalue weighted by molar-refractivity contribution is -0.137. The summed E-state index contributed by atoms with van der Waals surface area (Å²) in [7, 11) is 0. The van der Waals surface area contributed by atoms with Gasteiger partial charge < -0.3 is 4.74 Å². The molecule has 0 saturated heterocycles. The van der Waals surface area contributed by atoms with Crippen molar-refractivity contribution in [1.29, 1.82) is 0 Å². The molecule has 0 aliphatic rings. The number of nitrogens with one attached hydrogen (secondary N) is 1. The van der Waals surface area contributed by atoms with Gasteiger partial charge in [0, 0.05) is 17.5 Å². The molecular formula is C27H31F3N2O2S. The fraction of sp³-hybridized carbons (Fsp3) is 0.407. The lowest BCUT2D eigenvalue weighted by Crippen LogP contribution is -2.24. The number of ether oxygens (including phenoxy) is 1. The van der Waals surface area contributed by atoms with E-state index < -0.39 is 11.7 Å². The van der Waals surface area contributed by atoms with Gasteiger partial charge in [0.2, 0.25) is 0 Å². The minimum atomic E-state index is -4.38. The van der Waals surface area contributed by atoms with Crippen LogP contribution in [0.25, 0.3) is 0 Å². The number of hydrogen-bond acceptors (Lipinski definition) is 4. The van der Waals surface area contributed by atoms with Gasteiger partial charge in [0.15, 0.2) is 11.7 Å². The average Bonchev–Trinajstić information content (AvgIpc) is 3.17. The van der Waals surface area contributed by atoms with E-state index in [4.69, 9.17) is 4.74 Å². The second-order valence-electron chi connectivity index (χ2n) is 10.5. The number of halogens is 3. The van der Waals surface area contributed by atoms with Crippen LogP contribution in [-0.2, 0) is 22.8 Å². The Morgan fingerprint density at radius 1 is 1.00 bits per heavy atom. The molecule has 0 fully saturated rings. The SMILES string of the molecule is CC(C)(C)CC(C)(C)c1ccc(OCC(=O)Nc2ncc(Cc3cccc(C(F)(F)F)c3)s2)cc1. The van der Waals surface area contributed by atoms with Crippen LogP contribution in [0.1, 0.15) is 62.6 Å². The zero-order valence-electron chi connectivity index (χ0n) is 20.6. The first-order valence-electron chi connectivity index (χ1n) is 11.4. The molecule has 1 N–H and O–H groups in total. The summed E-state index contributed by atoms with van der Waals surface area (Å²) in [5, 5.41) is 3.05. The van der Waals surface area contributed by atoms with Crippen molar-refractivity contribution in [3.63, 3.8) is 0 Å². The Balaban J connectivity index is 1.52. The molecule has 3 rings (SSSR count). The van der Waals surface area contributed by atoms with Crippen molar-refractivity contribution < 1.29 is 22.7 Å². The number of alkyl halides is 3. The van der Waals surface area contributed by atoms with E-state index in [0.717, 1.165) is 23.4 Å². The molecule has 0 unspecified atom stereocenters. The second kappa shape index (κ2) is 10.4. The molecule has 0 aliphatic heterocycles. The van der Waals surface area contributed by atoms with Crippen LogP contribution in [0, 0.1) is 5.41 Å². The Kier molecular flexibility index (Phi) is 7.94. The lowest BCUT2D eigenvalue weighted by atomic mass is 9.72. The van der Waals surface area contributed by atoms with Gasteiger partial charge in [-0.1, -0.05) is 65.0 Å². The van der Waals surface area contributed by atoms with E-state index in [2.05, 4.69) is 44.9 Å². The predicted octanol–water partition coefficient (Wildman–Crippen LogP) is 7.48. The Labute approximate surface area is 208 Å². The van der Waals surface area contributed by atoms with Crippen molar-refractivity contribution in [1.82, 2.24) is 4.98 Å². The molecular weight excluding hydrogens is 473 g/mol. The van der Waals surface area contributed by atoms with Crippen LogP contribution in [0.15, 0.2) is 54.7 Å². The molecule has 0 atom stereocenters. The monoisotopic (exact) mass is 504 g/mol. The van der Waals surface area contributed by atoms with Crippen molar-refractivity contribution in [3.05, 3.63) is 76.3 Å². The van der Waals surface area contributed by atoms with E-state index in [1.165, 1.54) is 23.0 Å². The molecule has 3 aromatic rings. The van der Waals surface area contributed by atoms with Crippen LogP contribution >= 0.6 is 11.3 Å². The minimum Gasteiger partial charge on any atom is -0.484 e. The maximum atomic E-state index is 12.9. The largest absolute Gasteiger partial charge is 0.484 e. The topological polar surface area (TPSA) is 51.2 Å². The summed E-state index contributed by atoms with van der Waals surface area (Å²) in [6, 6.07) is 13.0. The number of anilines is 1. The second-order valence-corrected chi connectivity index (χ2v) is 11.6. The van der Waals surface area contributed by atoms with Crippen LogP contribution in [0.4, 0.5) is 18.3 Å². The Bertz CT molecular complexity index is 1150. The van der Waals surface area contributed by atoms with Crippen molar-refractivity contribution in [3.8, 4) is 5.75 Å². The number of carbonyl (C=O) groups excluding carboxylic acids is 1. The molecule has 1 amide bonds. The van der Waals surface area contributed by atoms with Crippen LogP contribution in [-0.4, -0.2) is 17.5 Å². The quantitative estimate of drug-likeness (QED) is 0.346. The fourth-order valence-corrected chi connectivity index (χ4v) is 5.10. The summed E-state index contributed by atoms with van der Waals surface area (Å²) in [4.78, 5) is 17.2. The molecule has 8 heteroatoms. The summed E-state index contributed by atoms with van der Waals surface area (Å²) in [5.74, 6) is 0.238. The zero-order chi connectivity index (χ0) is 25.9. The first-order valence-corrected chi connectivity index (χ1v) is 12.2. The van der Waals surface area contributed by atoms with Gasteiger partial charge in [-0.25, -0.2) is 4.98 Å². The van der Waals surface area contributed by atoms with E-state index in [1.54, 1.807) is 12.3 Å². The molecule has 4 nitrogen and oxygen atoms in total. The van der Waals surface area contributed by atoms with Crippen LogP contribution in [0.2, 0.25) is 0 Å². The van der Waals surface area contributed by atoms with E-state index in [1.807, 2.05) is 24.3 Å². The Hall–Kier alpha value is -2.87. The molecule has 0 radical (unpaired) electrons. The molecule has 0 bridgehead atoms. The number of nitrogens with zero attached hydrogens (tertiary/aromatic N) is 1. The van der Waals surface area contributed by atoms with E-state index in [0.29, 0.717) is 22.9 Å². The predicted molar refractivity (Wildman–Crippen MR) is 134 cm³/mol. The molecule has 1 aromatic heterocycles. The third-order valence-corrected chi connectivity index (χ3v) is 6.32. The number of rotatable bonds is 8. The summed E-state index contributed by atoms with van der Waals surface area (Å²) in [5.41, 5.74) is 1.28. The highest BCUT2D eigenvalue weighted by atomic mass is 32.1. The van der Waals surface area contributed by atoms with Crippen molar-refractivity contribution in [2.75, 3.05) is 11.9 Å². The zero-order valence-corrected chi connectivity index (χ0v) is 21.4. The number of hydrogen-bond donors (Lipinski definition) is 1. The lowest BCUT2D eigenvalue weighted by Gasteiger charge is -2.33. The number of benzene rings is 2. The van der Waals surface area contributed by atoms with E-state index in [-0.39, 0.29) is 23.3 Å². The summed E-state index contributed by atoms with van der Waals surface area (Å²) in [6.45, 7) is 10.9. The number of aromatic nitrogens is 1. The molecule has 0 spiro atoms. The third kappa shape index (κ3) is 8.09. The maximum Gasteiger partial charge on any atom is 0.416 e. The van der Waals surface area contributed by atoms with Gasteiger partial charge in [-0.15, -0.1) is 11.3 Å². The van der Waals surface area contributed by atoms with Gasteiger partial charge in [-0.05, 0) is 46.6 Å². The van der Waals surface area contributed by atoms with Gasteiger partial charge >= 0.3 is 6.18 Å². The van der Waals surface area contributed by atoms with Gasteiger partial charge in [0.1, 0.15) is 5.75 Å². The maximum absolute atomic E-state index is 12.9. The first kappa shape index (κ1) is 26.7.